The van der Waals surface area contributed by atoms with Crippen molar-refractivity contribution in [2.24, 2.45) is 0 Å². The molecule has 2 fully saturated rings. The van der Waals surface area contributed by atoms with Gasteiger partial charge in [0, 0.05) is 25.5 Å². The molecule has 8 aromatic rings. The van der Waals surface area contributed by atoms with E-state index in [1.165, 1.54) is 12.5 Å². The first-order chi connectivity index (χ1) is 32.4. The van der Waals surface area contributed by atoms with Gasteiger partial charge in [-0.3, -0.25) is 19.2 Å². The summed E-state index contributed by atoms with van der Waals surface area (Å²) in [5, 5.41) is 7.55. The maximum Gasteiger partial charge on any atom is 0.287 e. The maximum absolute atomic E-state index is 14.2. The molecule has 0 radical (unpaired) electrons. The smallest absolute Gasteiger partial charge is 0.287 e. The number of nitrogens with one attached hydrogen (secondary N) is 2. The third kappa shape index (κ3) is 8.84. The molecule has 0 aliphatic carbocycles. The summed E-state index contributed by atoms with van der Waals surface area (Å²) in [5.41, 5.74) is 5.62. The Balaban J connectivity index is 0.800. The van der Waals surface area contributed by atoms with Crippen molar-refractivity contribution < 1.29 is 28.0 Å². The van der Waals surface area contributed by atoms with E-state index in [4.69, 9.17) is 18.8 Å². The Morgan fingerprint density at radius 2 is 0.909 bits per heavy atom. The highest BCUT2D eigenvalue weighted by molar-refractivity contribution is 7.15. The van der Waals surface area contributed by atoms with Gasteiger partial charge in [0.15, 0.2) is 11.5 Å². The van der Waals surface area contributed by atoms with Crippen molar-refractivity contribution in [3.05, 3.63) is 191 Å². The van der Waals surface area contributed by atoms with Crippen LogP contribution in [0.4, 0.5) is 0 Å². The highest BCUT2D eigenvalue weighted by Crippen LogP contribution is 2.41. The molecule has 2 aliphatic heterocycles. The van der Waals surface area contributed by atoms with E-state index >= 15 is 0 Å². The van der Waals surface area contributed by atoms with E-state index in [1.54, 1.807) is 46.9 Å². The second-order valence-corrected chi connectivity index (χ2v) is 18.4. The number of amides is 4. The number of rotatable bonds is 13. The third-order valence-corrected chi connectivity index (χ3v) is 14.5. The lowest BCUT2D eigenvalue weighted by Gasteiger charge is -2.28. The number of benzene rings is 4. The Morgan fingerprint density at radius 1 is 0.515 bits per heavy atom. The molecule has 6 heterocycles. The van der Waals surface area contributed by atoms with Crippen LogP contribution < -0.4 is 10.6 Å². The molecule has 0 bridgehead atoms. The van der Waals surface area contributed by atoms with Crippen LogP contribution in [-0.4, -0.2) is 56.5 Å². The highest BCUT2D eigenvalue weighted by atomic mass is 32.1. The van der Waals surface area contributed by atoms with Crippen molar-refractivity contribution in [1.29, 1.82) is 0 Å². The number of nitrogens with zero attached hydrogens (tertiary/aromatic N) is 4. The predicted molar refractivity (Wildman–Crippen MR) is 252 cm³/mol. The molecule has 10 rings (SSSR count). The first-order valence-electron chi connectivity index (χ1n) is 21.9. The van der Waals surface area contributed by atoms with Crippen LogP contribution in [0.25, 0.3) is 32.0 Å². The molecule has 4 aromatic heterocycles. The summed E-state index contributed by atoms with van der Waals surface area (Å²) in [6, 6.07) is 39.7. The average molecular weight is 913 g/mol. The summed E-state index contributed by atoms with van der Waals surface area (Å²) in [7, 11) is 0. The Labute approximate surface area is 389 Å². The second kappa shape index (κ2) is 19.0. The first kappa shape index (κ1) is 42.5. The minimum absolute atomic E-state index is 0.147. The van der Waals surface area contributed by atoms with Crippen molar-refractivity contribution in [2.75, 3.05) is 13.1 Å². The lowest BCUT2D eigenvalue weighted by atomic mass is 10.0. The van der Waals surface area contributed by atoms with Gasteiger partial charge in [-0.2, -0.15) is 0 Å². The molecule has 4 amide bonds. The van der Waals surface area contributed by atoms with E-state index in [9.17, 15) is 19.2 Å². The fraction of sp³-hybridized carbons (Fsp3) is 0.192. The number of thiazole rings is 2. The molecule has 2 aliphatic rings. The standard InChI is InChI=1S/C52H44N6O6S2/c59-47(41-17-9-29-63-41)55-45(37-11-3-1-4-12-37)51(61)57-27-7-15-39(57)49-53-31-43(65-49)35-23-19-33(20-24-35)34-21-25-36(26-22-34)44-32-54-50(66-44)40-16-8-28-58(40)52(62)46(38-13-5-2-6-14-38)56-48(60)42-18-10-30-64-42/h1-6,9-14,17-26,29-32,39-40,45-46H,7-8,15-16,27-28H2,(H,55,59)(H,56,60)/t39-,40-,45-,46+/m0/s1. The van der Waals surface area contributed by atoms with Crippen LogP contribution in [0, 0.1) is 0 Å². The molecule has 14 heteroatoms. The number of carbonyl (C=O) groups is 4. The SMILES string of the molecule is O=C(N[C@H](C(=O)N1CCC[C@H]1c1ncc(-c2ccc(-c3ccc(-c4cnc([C@@H]5CCCN5C(=O)[C@H](NC(=O)c5ccco5)c5ccccc5)s4)cc3)cc2)s1)c1ccccc1)c1ccco1. The normalized spacial score (nSPS) is 16.8. The number of hydrogen-bond donors (Lipinski definition) is 2. The Hall–Kier alpha value is -7.42. The molecule has 4 aromatic carbocycles. The van der Waals surface area contributed by atoms with E-state index in [2.05, 4.69) is 59.2 Å². The predicted octanol–water partition coefficient (Wildman–Crippen LogP) is 10.5. The molecule has 0 spiro atoms. The van der Waals surface area contributed by atoms with E-state index in [0.29, 0.717) is 24.2 Å². The van der Waals surface area contributed by atoms with Gasteiger partial charge in [-0.25, -0.2) is 9.97 Å². The van der Waals surface area contributed by atoms with Gasteiger partial charge in [0.05, 0.1) is 34.4 Å². The van der Waals surface area contributed by atoms with Crippen LogP contribution in [0.15, 0.2) is 167 Å². The second-order valence-electron chi connectivity index (χ2n) is 16.2. The van der Waals surface area contributed by atoms with Gasteiger partial charge in [0.1, 0.15) is 22.1 Å². The summed E-state index contributed by atoms with van der Waals surface area (Å²) >= 11 is 3.17. The maximum atomic E-state index is 14.2. The lowest BCUT2D eigenvalue weighted by Crippen LogP contribution is -2.42. The van der Waals surface area contributed by atoms with E-state index < -0.39 is 23.9 Å². The summed E-state index contributed by atoms with van der Waals surface area (Å²) in [6.45, 7) is 1.14. The fourth-order valence-corrected chi connectivity index (χ4v) is 10.9. The van der Waals surface area contributed by atoms with Crippen molar-refractivity contribution in [3.63, 3.8) is 0 Å². The third-order valence-electron chi connectivity index (χ3n) is 12.2. The van der Waals surface area contributed by atoms with Crippen molar-refractivity contribution >= 4 is 46.3 Å². The zero-order valence-electron chi connectivity index (χ0n) is 35.6. The molecule has 0 saturated carbocycles. The van der Waals surface area contributed by atoms with Crippen LogP contribution in [0.3, 0.4) is 0 Å². The van der Waals surface area contributed by atoms with E-state index in [-0.39, 0.29) is 35.4 Å². The zero-order valence-corrected chi connectivity index (χ0v) is 37.3. The van der Waals surface area contributed by atoms with Crippen molar-refractivity contribution in [2.45, 2.75) is 49.9 Å². The Morgan fingerprint density at radius 3 is 1.29 bits per heavy atom. The van der Waals surface area contributed by atoms with Gasteiger partial charge in [0.25, 0.3) is 11.8 Å². The van der Waals surface area contributed by atoms with Crippen LogP contribution in [-0.2, 0) is 9.59 Å². The van der Waals surface area contributed by atoms with Crippen LogP contribution in [0.5, 0.6) is 0 Å². The van der Waals surface area contributed by atoms with Gasteiger partial charge < -0.3 is 29.3 Å². The first-order valence-corrected chi connectivity index (χ1v) is 23.5. The molecule has 2 N–H and O–H groups in total. The molecule has 0 unspecified atom stereocenters. The van der Waals surface area contributed by atoms with Gasteiger partial charge in [-0.1, -0.05) is 109 Å². The molecule has 66 heavy (non-hydrogen) atoms. The monoisotopic (exact) mass is 912 g/mol. The number of hydrogen-bond acceptors (Lipinski definition) is 10. The summed E-state index contributed by atoms with van der Waals surface area (Å²) in [5.74, 6) is -0.961. The Bertz CT molecular complexity index is 2730. The van der Waals surface area contributed by atoms with E-state index in [1.807, 2.05) is 82.9 Å². The van der Waals surface area contributed by atoms with Crippen LogP contribution in [0.2, 0.25) is 0 Å². The zero-order chi connectivity index (χ0) is 45.0. The number of aromatic nitrogens is 2. The van der Waals surface area contributed by atoms with Gasteiger partial charge >= 0.3 is 0 Å². The molecule has 330 valence electrons. The number of likely N-dealkylation sites (tertiary alicyclic amines) is 2. The van der Waals surface area contributed by atoms with Crippen molar-refractivity contribution in [3.8, 4) is 32.0 Å². The van der Waals surface area contributed by atoms with Gasteiger partial charge in [-0.15, -0.1) is 22.7 Å². The highest BCUT2D eigenvalue weighted by Gasteiger charge is 2.39. The van der Waals surface area contributed by atoms with Crippen molar-refractivity contribution in [1.82, 2.24) is 30.4 Å². The molecular weight excluding hydrogens is 869 g/mol. The van der Waals surface area contributed by atoms with Crippen LogP contribution >= 0.6 is 22.7 Å². The molecular formula is C52H44N6O6S2. The fourth-order valence-electron chi connectivity index (χ4n) is 8.80. The summed E-state index contributed by atoms with van der Waals surface area (Å²) in [4.78, 5) is 69.9. The lowest BCUT2D eigenvalue weighted by molar-refractivity contribution is -0.135. The summed E-state index contributed by atoms with van der Waals surface area (Å²) in [6.07, 6.45) is 9.87. The average Bonchev–Trinajstić information content (AvgIpc) is 4.22. The number of furan rings is 2. The largest absolute Gasteiger partial charge is 0.459 e. The minimum atomic E-state index is -0.874. The molecule has 2 saturated heterocycles. The number of carbonyl (C=O) groups excluding carboxylic acids is 4. The van der Waals surface area contributed by atoms with Gasteiger partial charge in [-0.05, 0) is 83.3 Å². The topological polar surface area (TPSA) is 151 Å². The molecule has 12 nitrogen and oxygen atoms in total. The van der Waals surface area contributed by atoms with Gasteiger partial charge in [0.2, 0.25) is 11.8 Å². The summed E-state index contributed by atoms with van der Waals surface area (Å²) < 4.78 is 10.6. The van der Waals surface area contributed by atoms with E-state index in [0.717, 1.165) is 67.7 Å². The molecule has 4 atom stereocenters. The Kier molecular flexibility index (Phi) is 12.2. The minimum Gasteiger partial charge on any atom is -0.459 e. The van der Waals surface area contributed by atoms with Crippen LogP contribution in [0.1, 0.15) is 92.1 Å². The quantitative estimate of drug-likeness (QED) is 0.116.